The Labute approximate surface area is 144 Å². The first kappa shape index (κ1) is 17.2. The van der Waals surface area contributed by atoms with Crippen LogP contribution in [0.3, 0.4) is 0 Å². The van der Waals surface area contributed by atoms with Gasteiger partial charge in [-0.15, -0.1) is 0 Å². The third-order valence-electron chi connectivity index (χ3n) is 5.15. The standard InChI is InChI=1S/C19H28N2O3/c1-19(2,23)16-9-6-12-21(16)18(22)14-10-11-20-17(13-14)24-15-7-4-3-5-8-15/h10-11,13,15-16,23H,3-9,12H2,1-2H3. The van der Waals surface area contributed by atoms with Crippen LogP contribution in [0.25, 0.3) is 0 Å². The van der Waals surface area contributed by atoms with Crippen molar-refractivity contribution in [3.63, 3.8) is 0 Å². The average Bonchev–Trinajstić information content (AvgIpc) is 3.05. The van der Waals surface area contributed by atoms with Crippen LogP contribution in [0.2, 0.25) is 0 Å². The van der Waals surface area contributed by atoms with E-state index < -0.39 is 5.60 Å². The van der Waals surface area contributed by atoms with Crippen LogP contribution in [0.4, 0.5) is 0 Å². The molecule has 0 aromatic carbocycles. The number of aliphatic hydroxyl groups is 1. The van der Waals surface area contributed by atoms with Crippen LogP contribution in [0.15, 0.2) is 18.3 Å². The van der Waals surface area contributed by atoms with E-state index in [0.29, 0.717) is 18.0 Å². The van der Waals surface area contributed by atoms with Crippen molar-refractivity contribution >= 4 is 5.91 Å². The summed E-state index contributed by atoms with van der Waals surface area (Å²) in [5.74, 6) is 0.488. The third-order valence-corrected chi connectivity index (χ3v) is 5.15. The van der Waals surface area contributed by atoms with Gasteiger partial charge in [-0.3, -0.25) is 4.79 Å². The van der Waals surface area contributed by atoms with Gasteiger partial charge in [-0.25, -0.2) is 4.98 Å². The topological polar surface area (TPSA) is 62.7 Å². The molecule has 5 heteroatoms. The zero-order valence-electron chi connectivity index (χ0n) is 14.7. The van der Waals surface area contributed by atoms with Crippen molar-refractivity contribution in [2.75, 3.05) is 6.54 Å². The Hall–Kier alpha value is -1.62. The van der Waals surface area contributed by atoms with Crippen LogP contribution >= 0.6 is 0 Å². The molecule has 1 aromatic heterocycles. The molecule has 1 aromatic rings. The molecule has 1 aliphatic carbocycles. The number of pyridine rings is 1. The van der Waals surface area contributed by atoms with Crippen molar-refractivity contribution in [2.45, 2.75) is 76.5 Å². The number of rotatable bonds is 4. The lowest BCUT2D eigenvalue weighted by atomic mass is 9.96. The highest BCUT2D eigenvalue weighted by Crippen LogP contribution is 2.29. The normalized spacial score (nSPS) is 22.6. The fourth-order valence-electron chi connectivity index (χ4n) is 3.87. The molecule has 2 heterocycles. The molecule has 1 atom stereocenters. The molecule has 2 fully saturated rings. The molecule has 1 aliphatic heterocycles. The minimum absolute atomic E-state index is 0.0458. The highest BCUT2D eigenvalue weighted by Gasteiger charge is 2.38. The summed E-state index contributed by atoms with van der Waals surface area (Å²) in [6.07, 6.45) is 9.42. The van der Waals surface area contributed by atoms with Gasteiger partial charge < -0.3 is 14.7 Å². The quantitative estimate of drug-likeness (QED) is 0.920. The van der Waals surface area contributed by atoms with Crippen LogP contribution in [0, 0.1) is 0 Å². The van der Waals surface area contributed by atoms with Gasteiger partial charge in [0.05, 0.1) is 11.6 Å². The highest BCUT2D eigenvalue weighted by atomic mass is 16.5. The van der Waals surface area contributed by atoms with Gasteiger partial charge >= 0.3 is 0 Å². The molecule has 2 aliphatic rings. The smallest absolute Gasteiger partial charge is 0.254 e. The predicted molar refractivity (Wildman–Crippen MR) is 92.1 cm³/mol. The van der Waals surface area contributed by atoms with E-state index in [4.69, 9.17) is 4.74 Å². The Bertz CT molecular complexity index is 576. The number of hydrogen-bond acceptors (Lipinski definition) is 4. The summed E-state index contributed by atoms with van der Waals surface area (Å²) in [7, 11) is 0. The van der Waals surface area contributed by atoms with Gasteiger partial charge in [-0.2, -0.15) is 0 Å². The Morgan fingerprint density at radius 3 is 2.71 bits per heavy atom. The molecule has 5 nitrogen and oxygen atoms in total. The lowest BCUT2D eigenvalue weighted by Gasteiger charge is -2.33. The van der Waals surface area contributed by atoms with Gasteiger partial charge in [0.2, 0.25) is 5.88 Å². The Morgan fingerprint density at radius 2 is 2.00 bits per heavy atom. The molecular weight excluding hydrogens is 304 g/mol. The van der Waals surface area contributed by atoms with Crippen molar-refractivity contribution in [1.82, 2.24) is 9.88 Å². The molecule has 0 spiro atoms. The molecule has 24 heavy (non-hydrogen) atoms. The summed E-state index contributed by atoms with van der Waals surface area (Å²) in [4.78, 5) is 18.9. The van der Waals surface area contributed by atoms with Crippen molar-refractivity contribution in [3.05, 3.63) is 23.9 Å². The third kappa shape index (κ3) is 3.89. The van der Waals surface area contributed by atoms with Crippen LogP contribution in [-0.4, -0.2) is 45.2 Å². The van der Waals surface area contributed by atoms with Gasteiger partial charge in [0.1, 0.15) is 6.10 Å². The van der Waals surface area contributed by atoms with E-state index in [-0.39, 0.29) is 18.1 Å². The molecular formula is C19H28N2O3. The summed E-state index contributed by atoms with van der Waals surface area (Å²) >= 11 is 0. The first-order chi connectivity index (χ1) is 11.4. The minimum atomic E-state index is -0.888. The van der Waals surface area contributed by atoms with Gasteiger partial charge in [-0.05, 0) is 58.4 Å². The van der Waals surface area contributed by atoms with E-state index in [1.807, 2.05) is 0 Å². The largest absolute Gasteiger partial charge is 0.474 e. The van der Waals surface area contributed by atoms with E-state index >= 15 is 0 Å². The first-order valence-electron chi connectivity index (χ1n) is 9.11. The van der Waals surface area contributed by atoms with E-state index in [1.54, 1.807) is 37.1 Å². The lowest BCUT2D eigenvalue weighted by molar-refractivity contribution is 0.000313. The predicted octanol–water partition coefficient (Wildman–Crippen LogP) is 3.17. The molecule has 132 valence electrons. The van der Waals surface area contributed by atoms with E-state index in [2.05, 4.69) is 4.98 Å². The number of hydrogen-bond donors (Lipinski definition) is 1. The Morgan fingerprint density at radius 1 is 1.25 bits per heavy atom. The van der Waals surface area contributed by atoms with Crippen molar-refractivity contribution < 1.29 is 14.6 Å². The van der Waals surface area contributed by atoms with E-state index in [9.17, 15) is 9.90 Å². The number of amides is 1. The summed E-state index contributed by atoms with van der Waals surface area (Å²) in [6.45, 7) is 4.23. The van der Waals surface area contributed by atoms with Gasteiger partial charge in [-0.1, -0.05) is 6.42 Å². The molecule has 1 N–H and O–H groups in total. The fraction of sp³-hybridized carbons (Fsp3) is 0.684. The lowest BCUT2D eigenvalue weighted by Crippen LogP contribution is -2.48. The van der Waals surface area contributed by atoms with Gasteiger partial charge in [0.15, 0.2) is 0 Å². The van der Waals surface area contributed by atoms with Crippen molar-refractivity contribution in [1.29, 1.82) is 0 Å². The zero-order valence-corrected chi connectivity index (χ0v) is 14.7. The number of carbonyl (C=O) groups is 1. The number of likely N-dealkylation sites (tertiary alicyclic amines) is 1. The van der Waals surface area contributed by atoms with Crippen LogP contribution < -0.4 is 4.74 Å². The molecule has 3 rings (SSSR count). The molecule has 0 radical (unpaired) electrons. The maximum Gasteiger partial charge on any atom is 0.254 e. The number of nitrogens with zero attached hydrogens (tertiary/aromatic N) is 2. The second-order valence-corrected chi connectivity index (χ2v) is 7.57. The maximum absolute atomic E-state index is 12.9. The Kier molecular flexibility index (Phi) is 5.09. The maximum atomic E-state index is 12.9. The van der Waals surface area contributed by atoms with Crippen molar-refractivity contribution in [2.24, 2.45) is 0 Å². The molecule has 1 amide bonds. The van der Waals surface area contributed by atoms with Crippen LogP contribution in [-0.2, 0) is 0 Å². The summed E-state index contributed by atoms with van der Waals surface area (Å²) in [5, 5.41) is 10.3. The molecule has 1 unspecified atom stereocenters. The monoisotopic (exact) mass is 332 g/mol. The number of carbonyl (C=O) groups excluding carboxylic acids is 1. The number of ether oxygens (including phenoxy) is 1. The SMILES string of the molecule is CC(C)(O)C1CCCN1C(=O)c1ccnc(OC2CCCCC2)c1. The van der Waals surface area contributed by atoms with Crippen molar-refractivity contribution in [3.8, 4) is 5.88 Å². The summed E-state index contributed by atoms with van der Waals surface area (Å²) < 4.78 is 5.97. The van der Waals surface area contributed by atoms with Gasteiger partial charge in [0.25, 0.3) is 5.91 Å². The molecule has 0 bridgehead atoms. The first-order valence-corrected chi connectivity index (χ1v) is 9.11. The number of aromatic nitrogens is 1. The molecule has 1 saturated heterocycles. The zero-order chi connectivity index (χ0) is 17.2. The second-order valence-electron chi connectivity index (χ2n) is 7.57. The van der Waals surface area contributed by atoms with E-state index in [0.717, 1.165) is 25.7 Å². The van der Waals surface area contributed by atoms with Gasteiger partial charge in [0, 0.05) is 24.4 Å². The average molecular weight is 332 g/mol. The molecule has 1 saturated carbocycles. The highest BCUT2D eigenvalue weighted by molar-refractivity contribution is 5.94. The summed E-state index contributed by atoms with van der Waals surface area (Å²) in [5.41, 5.74) is -0.298. The van der Waals surface area contributed by atoms with Crippen LogP contribution in [0.5, 0.6) is 5.88 Å². The Balaban J connectivity index is 1.72. The van der Waals surface area contributed by atoms with E-state index in [1.165, 1.54) is 19.3 Å². The summed E-state index contributed by atoms with van der Waals surface area (Å²) in [6, 6.07) is 3.34. The fourth-order valence-corrected chi connectivity index (χ4v) is 3.87. The minimum Gasteiger partial charge on any atom is -0.474 e. The van der Waals surface area contributed by atoms with Crippen LogP contribution in [0.1, 0.15) is 69.2 Å². The second kappa shape index (κ2) is 7.09.